The van der Waals surface area contributed by atoms with Crippen LogP contribution in [0.1, 0.15) is 40.7 Å². The second-order valence-electron chi connectivity index (χ2n) is 6.69. The minimum absolute atomic E-state index is 0.0299. The first-order valence-electron chi connectivity index (χ1n) is 8.41. The zero-order valence-corrected chi connectivity index (χ0v) is 15.5. The molecule has 0 radical (unpaired) electrons. The van der Waals surface area contributed by atoms with Crippen molar-refractivity contribution in [3.8, 4) is 5.75 Å². The van der Waals surface area contributed by atoms with Crippen LogP contribution in [-0.4, -0.2) is 14.2 Å². The molecule has 1 aliphatic rings. The lowest BCUT2D eigenvalue weighted by molar-refractivity contribution is 0.0989. The first kappa shape index (κ1) is 17.5. The Kier molecular flexibility index (Phi) is 3.92. The Hall–Kier alpha value is -2.93. The van der Waals surface area contributed by atoms with Gasteiger partial charge in [0.25, 0.3) is 0 Å². The summed E-state index contributed by atoms with van der Waals surface area (Å²) in [5.41, 5.74) is 1.89. The van der Waals surface area contributed by atoms with Crippen LogP contribution in [0.4, 0.5) is 0 Å². The summed E-state index contributed by atoms with van der Waals surface area (Å²) in [6.07, 6.45) is 0.339. The number of benzene rings is 2. The van der Waals surface area contributed by atoms with Gasteiger partial charge in [-0.05, 0) is 54.3 Å². The van der Waals surface area contributed by atoms with Crippen LogP contribution in [0, 0.1) is 6.92 Å². The molecule has 0 fully saturated rings. The average Bonchev–Trinajstić information content (AvgIpc) is 2.92. The number of rotatable bonds is 3. The second-order valence-corrected chi connectivity index (χ2v) is 8.24. The maximum atomic E-state index is 12.8. The SMILES string of the molecule is Cc1ccc(OS(=O)(=O)c2ccc3oc(=O)ccc3c2)c2c1C(C)CC2=O. The standard InChI is InChI=1S/C20H16O6S/c1-11-3-6-17(20-15(21)9-12(2)19(11)20)26-27(23,24)14-5-7-16-13(10-14)4-8-18(22)25-16/h3-8,10,12H,9H2,1-2H3. The summed E-state index contributed by atoms with van der Waals surface area (Å²) >= 11 is 0. The number of Topliss-reactive ketones (excluding diaryl/α,β-unsaturated/α-hetero) is 1. The van der Waals surface area contributed by atoms with Gasteiger partial charge in [-0.2, -0.15) is 8.42 Å². The molecule has 1 heterocycles. The van der Waals surface area contributed by atoms with Gasteiger partial charge >= 0.3 is 15.7 Å². The molecule has 7 heteroatoms. The Morgan fingerprint density at radius 2 is 1.85 bits per heavy atom. The molecule has 1 unspecified atom stereocenters. The molecule has 0 saturated heterocycles. The van der Waals surface area contributed by atoms with Crippen molar-refractivity contribution >= 4 is 26.9 Å². The lowest BCUT2D eigenvalue weighted by atomic mass is 9.98. The van der Waals surface area contributed by atoms with Crippen LogP contribution < -0.4 is 9.81 Å². The number of hydrogen-bond donors (Lipinski definition) is 0. The molecule has 27 heavy (non-hydrogen) atoms. The summed E-state index contributed by atoms with van der Waals surface area (Å²) in [7, 11) is -4.16. The topological polar surface area (TPSA) is 90.7 Å². The minimum atomic E-state index is -4.16. The fraction of sp³-hybridized carbons (Fsp3) is 0.200. The van der Waals surface area contributed by atoms with Crippen LogP contribution in [0.15, 0.2) is 56.6 Å². The van der Waals surface area contributed by atoms with Crippen molar-refractivity contribution < 1.29 is 21.8 Å². The van der Waals surface area contributed by atoms with Crippen molar-refractivity contribution in [1.82, 2.24) is 0 Å². The Bertz CT molecular complexity index is 1250. The van der Waals surface area contributed by atoms with Crippen molar-refractivity contribution in [2.75, 3.05) is 0 Å². The molecule has 6 nitrogen and oxygen atoms in total. The van der Waals surface area contributed by atoms with E-state index < -0.39 is 15.7 Å². The molecule has 1 aliphatic carbocycles. The summed E-state index contributed by atoms with van der Waals surface area (Å²) in [5.74, 6) is -0.0429. The van der Waals surface area contributed by atoms with E-state index in [4.69, 9.17) is 8.60 Å². The molecular weight excluding hydrogens is 368 g/mol. The summed E-state index contributed by atoms with van der Waals surface area (Å²) in [5, 5.41) is 0.457. The predicted octanol–water partition coefficient (Wildman–Crippen LogP) is 3.56. The van der Waals surface area contributed by atoms with Crippen LogP contribution in [0.2, 0.25) is 0 Å². The van der Waals surface area contributed by atoms with Crippen LogP contribution in [-0.2, 0) is 10.1 Å². The van der Waals surface area contributed by atoms with Crippen molar-refractivity contribution in [3.05, 3.63) is 69.6 Å². The number of carbonyl (C=O) groups is 1. The van der Waals surface area contributed by atoms with E-state index in [0.29, 0.717) is 17.4 Å². The number of aryl methyl sites for hydroxylation is 1. The summed E-state index contributed by atoms with van der Waals surface area (Å²) in [6.45, 7) is 3.83. The van der Waals surface area contributed by atoms with Crippen LogP contribution in [0.25, 0.3) is 11.0 Å². The minimum Gasteiger partial charge on any atom is -0.423 e. The van der Waals surface area contributed by atoms with Crippen LogP contribution in [0.5, 0.6) is 5.75 Å². The van der Waals surface area contributed by atoms with E-state index in [1.807, 2.05) is 13.8 Å². The summed E-state index contributed by atoms with van der Waals surface area (Å²) in [4.78, 5) is 23.5. The van der Waals surface area contributed by atoms with Crippen molar-refractivity contribution in [2.24, 2.45) is 0 Å². The summed E-state index contributed by atoms with van der Waals surface area (Å²) < 4.78 is 35.9. The van der Waals surface area contributed by atoms with E-state index in [9.17, 15) is 18.0 Å². The second kappa shape index (κ2) is 6.06. The van der Waals surface area contributed by atoms with Crippen LogP contribution in [0.3, 0.4) is 0 Å². The van der Waals surface area contributed by atoms with Gasteiger partial charge < -0.3 is 8.60 Å². The molecule has 0 N–H and O–H groups in total. The third-order valence-corrected chi connectivity index (χ3v) is 6.00. The molecule has 1 atom stereocenters. The van der Waals surface area contributed by atoms with E-state index in [1.54, 1.807) is 6.07 Å². The molecule has 0 aliphatic heterocycles. The normalized spacial score (nSPS) is 16.5. The maximum absolute atomic E-state index is 12.8. The molecule has 0 amide bonds. The van der Waals surface area contributed by atoms with Crippen molar-refractivity contribution in [1.29, 1.82) is 0 Å². The highest BCUT2D eigenvalue weighted by Gasteiger charge is 2.32. The van der Waals surface area contributed by atoms with E-state index in [1.165, 1.54) is 36.4 Å². The van der Waals surface area contributed by atoms with E-state index in [0.717, 1.165) is 11.1 Å². The molecule has 0 spiro atoms. The highest BCUT2D eigenvalue weighted by molar-refractivity contribution is 7.87. The van der Waals surface area contributed by atoms with Gasteiger partial charge in [-0.15, -0.1) is 0 Å². The van der Waals surface area contributed by atoms with Gasteiger partial charge in [0.2, 0.25) is 0 Å². The third-order valence-electron chi connectivity index (χ3n) is 4.77. The smallest absolute Gasteiger partial charge is 0.339 e. The number of ketones is 1. The van der Waals surface area contributed by atoms with E-state index in [2.05, 4.69) is 0 Å². The van der Waals surface area contributed by atoms with E-state index >= 15 is 0 Å². The zero-order chi connectivity index (χ0) is 19.3. The first-order valence-corrected chi connectivity index (χ1v) is 9.82. The van der Waals surface area contributed by atoms with Crippen molar-refractivity contribution in [2.45, 2.75) is 31.1 Å². The largest absolute Gasteiger partial charge is 0.423 e. The summed E-state index contributed by atoms with van der Waals surface area (Å²) in [6, 6.07) is 10.0. The third kappa shape index (κ3) is 2.94. The lowest BCUT2D eigenvalue weighted by Gasteiger charge is -2.13. The molecule has 2 aromatic carbocycles. The van der Waals surface area contributed by atoms with Crippen molar-refractivity contribution in [3.63, 3.8) is 0 Å². The Morgan fingerprint density at radius 3 is 2.63 bits per heavy atom. The number of fused-ring (bicyclic) bond motifs is 2. The van der Waals surface area contributed by atoms with Gasteiger partial charge in [0.05, 0.1) is 5.56 Å². The molecule has 0 saturated carbocycles. The number of hydrogen-bond acceptors (Lipinski definition) is 6. The monoisotopic (exact) mass is 384 g/mol. The average molecular weight is 384 g/mol. The predicted molar refractivity (Wildman–Crippen MR) is 98.8 cm³/mol. The van der Waals surface area contributed by atoms with Crippen LogP contribution >= 0.6 is 0 Å². The van der Waals surface area contributed by atoms with Gasteiger partial charge in [-0.3, -0.25) is 4.79 Å². The highest BCUT2D eigenvalue weighted by atomic mass is 32.2. The maximum Gasteiger partial charge on any atom is 0.339 e. The first-order chi connectivity index (χ1) is 12.8. The molecule has 0 bridgehead atoms. The van der Waals surface area contributed by atoms with Gasteiger partial charge in [0.1, 0.15) is 10.5 Å². The zero-order valence-electron chi connectivity index (χ0n) is 14.7. The van der Waals surface area contributed by atoms with Gasteiger partial charge in [0.15, 0.2) is 11.5 Å². The molecule has 3 aromatic rings. The molecule has 1 aromatic heterocycles. The quantitative estimate of drug-likeness (QED) is 0.507. The van der Waals surface area contributed by atoms with Gasteiger partial charge in [0, 0.05) is 17.9 Å². The Morgan fingerprint density at radius 1 is 1.07 bits per heavy atom. The van der Waals surface area contributed by atoms with Gasteiger partial charge in [-0.1, -0.05) is 13.0 Å². The lowest BCUT2D eigenvalue weighted by Crippen LogP contribution is -2.12. The van der Waals surface area contributed by atoms with E-state index in [-0.39, 0.29) is 27.9 Å². The number of carbonyl (C=O) groups excluding carboxylic acids is 1. The fourth-order valence-corrected chi connectivity index (χ4v) is 4.53. The Balaban J connectivity index is 1.78. The molecule has 4 rings (SSSR count). The highest BCUT2D eigenvalue weighted by Crippen LogP contribution is 2.41. The molecular formula is C20H16O6S. The van der Waals surface area contributed by atoms with Gasteiger partial charge in [-0.25, -0.2) is 4.79 Å². The molecule has 138 valence electrons. The fourth-order valence-electron chi connectivity index (χ4n) is 3.55. The Labute approximate surface area is 155 Å².